The molecular weight excluding hydrogens is 276 g/mol. The summed E-state index contributed by atoms with van der Waals surface area (Å²) in [6, 6.07) is 10.3. The van der Waals surface area contributed by atoms with Crippen molar-refractivity contribution in [1.29, 1.82) is 0 Å². The second-order valence-electron chi connectivity index (χ2n) is 4.19. The average Bonchev–Trinajstić information content (AvgIpc) is 2.45. The molecule has 0 aliphatic carbocycles. The largest absolute Gasteiger partial charge is 0.494 e. The Balaban J connectivity index is 2.09. The van der Waals surface area contributed by atoms with E-state index >= 15 is 0 Å². The third-order valence-corrected chi connectivity index (χ3v) is 2.77. The number of hydrogen-bond donors (Lipinski definition) is 1. The van der Waals surface area contributed by atoms with E-state index in [2.05, 4.69) is 10.3 Å². The molecule has 1 N–H and O–H groups in total. The molecule has 0 radical (unpaired) electrons. The lowest BCUT2D eigenvalue weighted by atomic mass is 10.2. The van der Waals surface area contributed by atoms with Gasteiger partial charge in [-0.15, -0.1) is 0 Å². The van der Waals surface area contributed by atoms with Crippen LogP contribution < -0.4 is 10.1 Å². The molecule has 0 unspecified atom stereocenters. The van der Waals surface area contributed by atoms with E-state index < -0.39 is 0 Å². The number of carbonyl (C=O) groups excluding carboxylic acids is 1. The molecule has 0 bridgehead atoms. The summed E-state index contributed by atoms with van der Waals surface area (Å²) in [5.41, 5.74) is 0.514. The molecule has 2 rings (SSSR count). The fourth-order valence-electron chi connectivity index (χ4n) is 1.61. The first-order valence-corrected chi connectivity index (χ1v) is 6.72. The van der Waals surface area contributed by atoms with Crippen molar-refractivity contribution < 1.29 is 9.53 Å². The zero-order chi connectivity index (χ0) is 14.4. The van der Waals surface area contributed by atoms with Crippen molar-refractivity contribution in [2.24, 2.45) is 0 Å². The lowest BCUT2D eigenvalue weighted by Crippen LogP contribution is -2.13. The molecule has 2 aromatic rings. The van der Waals surface area contributed by atoms with Gasteiger partial charge in [-0.1, -0.05) is 24.6 Å². The predicted molar refractivity (Wildman–Crippen MR) is 79.4 cm³/mol. The summed E-state index contributed by atoms with van der Waals surface area (Å²) in [5.74, 6) is 0.850. The van der Waals surface area contributed by atoms with Crippen LogP contribution >= 0.6 is 11.6 Å². The van der Waals surface area contributed by atoms with Crippen molar-refractivity contribution in [3.05, 3.63) is 53.2 Å². The summed E-state index contributed by atoms with van der Waals surface area (Å²) >= 11 is 5.85. The molecule has 0 saturated heterocycles. The second-order valence-corrected chi connectivity index (χ2v) is 4.63. The number of anilines is 1. The number of aromatic nitrogens is 1. The maximum Gasteiger partial charge on any atom is 0.256 e. The van der Waals surface area contributed by atoms with Crippen molar-refractivity contribution in [3.8, 4) is 5.75 Å². The predicted octanol–water partition coefficient (Wildman–Crippen LogP) is 3.78. The van der Waals surface area contributed by atoms with Crippen LogP contribution in [0.4, 0.5) is 5.82 Å². The maximum absolute atomic E-state index is 12.1. The van der Waals surface area contributed by atoms with E-state index in [1.165, 1.54) is 0 Å². The molecule has 1 amide bonds. The van der Waals surface area contributed by atoms with Crippen LogP contribution in [0.15, 0.2) is 42.6 Å². The third kappa shape index (κ3) is 3.96. The van der Waals surface area contributed by atoms with Crippen LogP contribution in [-0.4, -0.2) is 17.5 Å². The molecule has 0 atom stereocenters. The van der Waals surface area contributed by atoms with E-state index in [1.54, 1.807) is 36.5 Å². The fraction of sp³-hybridized carbons (Fsp3) is 0.200. The number of hydrogen-bond acceptors (Lipinski definition) is 3. The molecule has 0 spiro atoms. The molecule has 1 aromatic heterocycles. The van der Waals surface area contributed by atoms with Crippen molar-refractivity contribution >= 4 is 23.3 Å². The third-order valence-electron chi connectivity index (χ3n) is 2.53. The van der Waals surface area contributed by atoms with Crippen molar-refractivity contribution in [3.63, 3.8) is 0 Å². The highest BCUT2D eigenvalue weighted by molar-refractivity contribution is 6.30. The molecule has 1 heterocycles. The van der Waals surface area contributed by atoms with E-state index in [0.29, 0.717) is 28.8 Å². The number of carbonyl (C=O) groups is 1. The smallest absolute Gasteiger partial charge is 0.256 e. The Bertz CT molecular complexity index is 602. The van der Waals surface area contributed by atoms with Gasteiger partial charge in [0.05, 0.1) is 6.61 Å². The minimum atomic E-state index is -0.248. The van der Waals surface area contributed by atoms with Gasteiger partial charge in [0.25, 0.3) is 5.91 Å². The van der Waals surface area contributed by atoms with Gasteiger partial charge in [0.2, 0.25) is 0 Å². The van der Waals surface area contributed by atoms with Crippen LogP contribution in [0.3, 0.4) is 0 Å². The molecule has 20 heavy (non-hydrogen) atoms. The number of nitrogens with one attached hydrogen (secondary N) is 1. The minimum Gasteiger partial charge on any atom is -0.494 e. The van der Waals surface area contributed by atoms with Gasteiger partial charge in [0.15, 0.2) is 0 Å². The van der Waals surface area contributed by atoms with Gasteiger partial charge < -0.3 is 10.1 Å². The molecular formula is C15H15ClN2O2. The van der Waals surface area contributed by atoms with Gasteiger partial charge >= 0.3 is 0 Å². The zero-order valence-electron chi connectivity index (χ0n) is 11.1. The minimum absolute atomic E-state index is 0.248. The Labute approximate surface area is 122 Å². The van der Waals surface area contributed by atoms with Gasteiger partial charge in [-0.25, -0.2) is 4.98 Å². The van der Waals surface area contributed by atoms with E-state index in [9.17, 15) is 4.79 Å². The summed E-state index contributed by atoms with van der Waals surface area (Å²) in [6.45, 7) is 2.66. The van der Waals surface area contributed by atoms with E-state index in [1.807, 2.05) is 13.0 Å². The van der Waals surface area contributed by atoms with E-state index in [-0.39, 0.29) is 5.91 Å². The number of ether oxygens (including phenoxy) is 1. The molecule has 0 aliphatic heterocycles. The monoisotopic (exact) mass is 290 g/mol. The van der Waals surface area contributed by atoms with Crippen molar-refractivity contribution in [2.75, 3.05) is 11.9 Å². The maximum atomic E-state index is 12.1. The molecule has 0 saturated carbocycles. The zero-order valence-corrected chi connectivity index (χ0v) is 11.9. The van der Waals surface area contributed by atoms with Crippen LogP contribution in [0, 0.1) is 0 Å². The highest BCUT2D eigenvalue weighted by Crippen LogP contribution is 2.16. The fourth-order valence-corrected chi connectivity index (χ4v) is 1.77. The first kappa shape index (κ1) is 14.3. The molecule has 5 heteroatoms. The summed E-state index contributed by atoms with van der Waals surface area (Å²) in [6.07, 6.45) is 2.46. The summed E-state index contributed by atoms with van der Waals surface area (Å²) in [5, 5.41) is 3.22. The number of pyridine rings is 1. The molecule has 0 fully saturated rings. The topological polar surface area (TPSA) is 51.2 Å². The average molecular weight is 291 g/mol. The molecule has 0 aliphatic rings. The Morgan fingerprint density at radius 3 is 2.95 bits per heavy atom. The first-order valence-electron chi connectivity index (χ1n) is 6.35. The van der Waals surface area contributed by atoms with Crippen molar-refractivity contribution in [1.82, 2.24) is 4.98 Å². The molecule has 1 aromatic carbocycles. The SMILES string of the molecule is CCCOc1cccc(C(=O)Nc2cc(Cl)ccn2)c1. The van der Waals surface area contributed by atoms with Crippen molar-refractivity contribution in [2.45, 2.75) is 13.3 Å². The quantitative estimate of drug-likeness (QED) is 0.912. The standard InChI is InChI=1S/C15H15ClN2O2/c1-2-8-20-13-5-3-4-11(9-13)15(19)18-14-10-12(16)6-7-17-14/h3-7,9-10H,2,8H2,1H3,(H,17,18,19). The summed E-state index contributed by atoms with van der Waals surface area (Å²) in [4.78, 5) is 16.1. The number of halogens is 1. The normalized spacial score (nSPS) is 10.1. The van der Waals surface area contributed by atoms with Crippen LogP contribution in [0.1, 0.15) is 23.7 Å². The van der Waals surface area contributed by atoms with Gasteiger partial charge in [0, 0.05) is 16.8 Å². The van der Waals surface area contributed by atoms with E-state index in [4.69, 9.17) is 16.3 Å². The van der Waals surface area contributed by atoms with Crippen LogP contribution in [0.2, 0.25) is 5.02 Å². The van der Waals surface area contributed by atoms with Crippen LogP contribution in [0.5, 0.6) is 5.75 Å². The lowest BCUT2D eigenvalue weighted by Gasteiger charge is -2.07. The number of rotatable bonds is 5. The lowest BCUT2D eigenvalue weighted by molar-refractivity contribution is 0.102. The highest BCUT2D eigenvalue weighted by Gasteiger charge is 2.08. The van der Waals surface area contributed by atoms with Crippen LogP contribution in [-0.2, 0) is 0 Å². The Kier molecular flexibility index (Phi) is 4.96. The second kappa shape index (κ2) is 6.91. The summed E-state index contributed by atoms with van der Waals surface area (Å²) in [7, 11) is 0. The number of benzene rings is 1. The highest BCUT2D eigenvalue weighted by atomic mass is 35.5. The summed E-state index contributed by atoms with van der Waals surface area (Å²) < 4.78 is 5.50. The van der Waals surface area contributed by atoms with Gasteiger partial charge in [0.1, 0.15) is 11.6 Å². The molecule has 104 valence electrons. The van der Waals surface area contributed by atoms with E-state index in [0.717, 1.165) is 6.42 Å². The number of nitrogens with zero attached hydrogens (tertiary/aromatic N) is 1. The molecule has 4 nitrogen and oxygen atoms in total. The Morgan fingerprint density at radius 2 is 2.20 bits per heavy atom. The van der Waals surface area contributed by atoms with Gasteiger partial charge in [-0.3, -0.25) is 4.79 Å². The van der Waals surface area contributed by atoms with Gasteiger partial charge in [-0.05, 0) is 36.8 Å². The number of amides is 1. The Morgan fingerprint density at radius 1 is 1.35 bits per heavy atom. The first-order chi connectivity index (χ1) is 9.69. The van der Waals surface area contributed by atoms with Gasteiger partial charge in [-0.2, -0.15) is 0 Å². The van der Waals surface area contributed by atoms with Crippen LogP contribution in [0.25, 0.3) is 0 Å². The Hall–Kier alpha value is -2.07.